The molecular weight excluding hydrogens is 217 g/mol. The van der Waals surface area contributed by atoms with Crippen molar-refractivity contribution < 1.29 is 0 Å². The molecule has 0 aromatic heterocycles. The molecule has 1 nitrogen and oxygen atoms in total. The van der Waals surface area contributed by atoms with Crippen LogP contribution in [0.1, 0.15) is 30.9 Å². The van der Waals surface area contributed by atoms with Crippen molar-refractivity contribution in [3.63, 3.8) is 0 Å². The summed E-state index contributed by atoms with van der Waals surface area (Å²) in [6.07, 6.45) is 3.70. The van der Waals surface area contributed by atoms with Gasteiger partial charge < -0.3 is 5.73 Å². The summed E-state index contributed by atoms with van der Waals surface area (Å²) >= 11 is 11.8. The molecule has 2 rings (SSSR count). The first kappa shape index (κ1) is 10.3. The third-order valence-corrected chi connectivity index (χ3v) is 3.03. The molecule has 1 fully saturated rings. The van der Waals surface area contributed by atoms with Crippen molar-refractivity contribution >= 4 is 23.2 Å². The van der Waals surface area contributed by atoms with E-state index >= 15 is 0 Å². The SMILES string of the molecule is N[C@@H](CC1CC1)c1cc(Cl)cc(Cl)c1. The molecule has 0 spiro atoms. The zero-order valence-corrected chi connectivity index (χ0v) is 9.35. The van der Waals surface area contributed by atoms with Gasteiger partial charge in [-0.1, -0.05) is 36.0 Å². The first-order valence-corrected chi connectivity index (χ1v) is 5.62. The van der Waals surface area contributed by atoms with Gasteiger partial charge in [-0.05, 0) is 36.1 Å². The van der Waals surface area contributed by atoms with Gasteiger partial charge in [-0.25, -0.2) is 0 Å². The molecule has 0 aliphatic heterocycles. The Labute approximate surface area is 94.2 Å². The molecule has 1 saturated carbocycles. The molecule has 0 bridgehead atoms. The maximum atomic E-state index is 6.06. The molecule has 76 valence electrons. The van der Waals surface area contributed by atoms with E-state index in [0.29, 0.717) is 10.0 Å². The van der Waals surface area contributed by atoms with E-state index in [1.807, 2.05) is 12.1 Å². The Morgan fingerprint density at radius 2 is 1.79 bits per heavy atom. The number of hydrogen-bond acceptors (Lipinski definition) is 1. The quantitative estimate of drug-likeness (QED) is 0.839. The van der Waals surface area contributed by atoms with Crippen LogP contribution in [0, 0.1) is 5.92 Å². The molecular formula is C11H13Cl2N. The average molecular weight is 230 g/mol. The third-order valence-electron chi connectivity index (χ3n) is 2.60. The van der Waals surface area contributed by atoms with E-state index in [9.17, 15) is 0 Å². The maximum Gasteiger partial charge on any atom is 0.0424 e. The van der Waals surface area contributed by atoms with Crippen molar-refractivity contribution in [1.29, 1.82) is 0 Å². The number of nitrogens with two attached hydrogens (primary N) is 1. The fraction of sp³-hybridized carbons (Fsp3) is 0.455. The monoisotopic (exact) mass is 229 g/mol. The van der Waals surface area contributed by atoms with Crippen molar-refractivity contribution in [1.82, 2.24) is 0 Å². The van der Waals surface area contributed by atoms with Crippen molar-refractivity contribution in [2.45, 2.75) is 25.3 Å². The van der Waals surface area contributed by atoms with Gasteiger partial charge in [0.25, 0.3) is 0 Å². The number of rotatable bonds is 3. The average Bonchev–Trinajstić information content (AvgIpc) is 2.86. The highest BCUT2D eigenvalue weighted by molar-refractivity contribution is 6.34. The highest BCUT2D eigenvalue weighted by Crippen LogP contribution is 2.37. The summed E-state index contributed by atoms with van der Waals surface area (Å²) in [4.78, 5) is 0. The Hall–Kier alpha value is -0.240. The Morgan fingerprint density at radius 3 is 2.29 bits per heavy atom. The Kier molecular flexibility index (Phi) is 3.01. The lowest BCUT2D eigenvalue weighted by atomic mass is 10.0. The van der Waals surface area contributed by atoms with E-state index in [-0.39, 0.29) is 6.04 Å². The third kappa shape index (κ3) is 2.63. The summed E-state index contributed by atoms with van der Waals surface area (Å²) in [5, 5.41) is 1.33. The Bertz CT molecular complexity index is 314. The molecule has 1 aliphatic rings. The topological polar surface area (TPSA) is 26.0 Å². The van der Waals surface area contributed by atoms with Gasteiger partial charge >= 0.3 is 0 Å². The van der Waals surface area contributed by atoms with Gasteiger partial charge in [0.05, 0.1) is 0 Å². The molecule has 1 aromatic carbocycles. The minimum absolute atomic E-state index is 0.0821. The van der Waals surface area contributed by atoms with Crippen LogP contribution in [0.4, 0.5) is 0 Å². The zero-order chi connectivity index (χ0) is 10.1. The predicted molar refractivity (Wildman–Crippen MR) is 60.7 cm³/mol. The molecule has 14 heavy (non-hydrogen) atoms. The highest BCUT2D eigenvalue weighted by atomic mass is 35.5. The molecule has 1 aromatic rings. The Balaban J connectivity index is 2.12. The minimum Gasteiger partial charge on any atom is -0.324 e. The van der Waals surface area contributed by atoms with Crippen LogP contribution in [0.5, 0.6) is 0 Å². The van der Waals surface area contributed by atoms with E-state index in [0.717, 1.165) is 17.9 Å². The van der Waals surface area contributed by atoms with Crippen LogP contribution in [0.3, 0.4) is 0 Å². The molecule has 1 aliphatic carbocycles. The minimum atomic E-state index is 0.0821. The van der Waals surface area contributed by atoms with Crippen LogP contribution in [-0.2, 0) is 0 Å². The van der Waals surface area contributed by atoms with E-state index in [4.69, 9.17) is 28.9 Å². The van der Waals surface area contributed by atoms with Crippen molar-refractivity contribution in [2.24, 2.45) is 11.7 Å². The second-order valence-electron chi connectivity index (χ2n) is 3.99. The highest BCUT2D eigenvalue weighted by Gasteiger charge is 2.24. The van der Waals surface area contributed by atoms with Gasteiger partial charge in [0.2, 0.25) is 0 Å². The fourth-order valence-corrected chi connectivity index (χ4v) is 2.18. The summed E-state index contributed by atoms with van der Waals surface area (Å²) in [5.74, 6) is 0.822. The fourth-order valence-electron chi connectivity index (χ4n) is 1.64. The van der Waals surface area contributed by atoms with Crippen molar-refractivity contribution in [3.05, 3.63) is 33.8 Å². The van der Waals surface area contributed by atoms with Gasteiger partial charge in [-0.3, -0.25) is 0 Å². The zero-order valence-electron chi connectivity index (χ0n) is 7.84. The molecule has 0 unspecified atom stereocenters. The largest absolute Gasteiger partial charge is 0.324 e. The molecule has 3 heteroatoms. The summed E-state index contributed by atoms with van der Waals surface area (Å²) in [6.45, 7) is 0. The van der Waals surface area contributed by atoms with Crippen molar-refractivity contribution in [3.8, 4) is 0 Å². The van der Waals surface area contributed by atoms with E-state index in [1.165, 1.54) is 12.8 Å². The number of benzene rings is 1. The van der Waals surface area contributed by atoms with E-state index < -0.39 is 0 Å². The summed E-state index contributed by atoms with van der Waals surface area (Å²) < 4.78 is 0. The van der Waals surface area contributed by atoms with Crippen LogP contribution in [0.25, 0.3) is 0 Å². The van der Waals surface area contributed by atoms with Crippen LogP contribution in [0.15, 0.2) is 18.2 Å². The van der Waals surface area contributed by atoms with Gasteiger partial charge in [0.1, 0.15) is 0 Å². The smallest absolute Gasteiger partial charge is 0.0424 e. The lowest BCUT2D eigenvalue weighted by Crippen LogP contribution is -2.10. The first-order chi connectivity index (χ1) is 6.65. The van der Waals surface area contributed by atoms with E-state index in [2.05, 4.69) is 0 Å². The molecule has 0 heterocycles. The van der Waals surface area contributed by atoms with Crippen LogP contribution < -0.4 is 5.73 Å². The summed E-state index contributed by atoms with van der Waals surface area (Å²) in [7, 11) is 0. The maximum absolute atomic E-state index is 6.06. The second kappa shape index (κ2) is 4.09. The lowest BCUT2D eigenvalue weighted by molar-refractivity contribution is 0.597. The van der Waals surface area contributed by atoms with Gasteiger partial charge in [0, 0.05) is 16.1 Å². The number of halogens is 2. The second-order valence-corrected chi connectivity index (χ2v) is 4.86. The molecule has 0 amide bonds. The standard InChI is InChI=1S/C11H13Cl2N/c12-9-4-8(5-10(13)6-9)11(14)3-7-1-2-7/h4-7,11H,1-3,14H2/t11-/m0/s1. The van der Waals surface area contributed by atoms with Gasteiger partial charge in [-0.15, -0.1) is 0 Å². The van der Waals surface area contributed by atoms with Crippen LogP contribution in [0.2, 0.25) is 10.0 Å². The lowest BCUT2D eigenvalue weighted by Gasteiger charge is -2.12. The molecule has 1 atom stereocenters. The van der Waals surface area contributed by atoms with Crippen LogP contribution >= 0.6 is 23.2 Å². The summed E-state index contributed by atoms with van der Waals surface area (Å²) in [5.41, 5.74) is 7.11. The predicted octanol–water partition coefficient (Wildman–Crippen LogP) is 3.79. The van der Waals surface area contributed by atoms with E-state index in [1.54, 1.807) is 6.07 Å². The normalized spacial score (nSPS) is 18.2. The first-order valence-electron chi connectivity index (χ1n) is 4.87. The summed E-state index contributed by atoms with van der Waals surface area (Å²) in [6, 6.07) is 5.62. The Morgan fingerprint density at radius 1 is 1.21 bits per heavy atom. The molecule has 0 radical (unpaired) electrons. The van der Waals surface area contributed by atoms with Gasteiger partial charge in [-0.2, -0.15) is 0 Å². The van der Waals surface area contributed by atoms with Crippen LogP contribution in [-0.4, -0.2) is 0 Å². The van der Waals surface area contributed by atoms with Gasteiger partial charge in [0.15, 0.2) is 0 Å². The molecule has 0 saturated heterocycles. The number of hydrogen-bond donors (Lipinski definition) is 1. The van der Waals surface area contributed by atoms with Crippen molar-refractivity contribution in [2.75, 3.05) is 0 Å². The molecule has 2 N–H and O–H groups in total.